The average Bonchev–Trinajstić information content (AvgIpc) is 3.43. The second-order valence-corrected chi connectivity index (χ2v) is 7.03. The lowest BCUT2D eigenvalue weighted by atomic mass is 10.2. The number of benzene rings is 1. The highest BCUT2D eigenvalue weighted by molar-refractivity contribution is 7.11. The van der Waals surface area contributed by atoms with E-state index < -0.39 is 0 Å². The number of likely N-dealkylation sites (tertiary alicyclic amines) is 1. The maximum absolute atomic E-state index is 12.3. The van der Waals surface area contributed by atoms with Crippen LogP contribution in [0.25, 0.3) is 0 Å². The summed E-state index contributed by atoms with van der Waals surface area (Å²) in [5.74, 6) is 0.558. The van der Waals surface area contributed by atoms with Crippen molar-refractivity contribution in [3.8, 4) is 0 Å². The molecule has 1 fully saturated rings. The van der Waals surface area contributed by atoms with Crippen LogP contribution >= 0.6 is 11.3 Å². The van der Waals surface area contributed by atoms with Crippen LogP contribution in [-0.4, -0.2) is 31.8 Å². The SMILES string of the molecule is O=C(NCc1noc([C@@H]2CCC(=O)N2Cc2ccccc2)n1)c1nccs1. The summed E-state index contributed by atoms with van der Waals surface area (Å²) < 4.78 is 5.37. The molecule has 0 saturated carbocycles. The summed E-state index contributed by atoms with van der Waals surface area (Å²) >= 11 is 1.26. The van der Waals surface area contributed by atoms with E-state index in [1.54, 1.807) is 16.5 Å². The Kier molecular flexibility index (Phi) is 4.93. The second kappa shape index (κ2) is 7.67. The number of thiazole rings is 1. The summed E-state index contributed by atoms with van der Waals surface area (Å²) in [6.45, 7) is 0.643. The maximum Gasteiger partial charge on any atom is 0.280 e. The molecule has 138 valence electrons. The molecule has 2 amide bonds. The quantitative estimate of drug-likeness (QED) is 0.701. The zero-order valence-electron chi connectivity index (χ0n) is 14.4. The summed E-state index contributed by atoms with van der Waals surface area (Å²) in [7, 11) is 0. The molecule has 27 heavy (non-hydrogen) atoms. The number of hydrogen-bond donors (Lipinski definition) is 1. The van der Waals surface area contributed by atoms with Crippen molar-refractivity contribution in [2.45, 2.75) is 32.0 Å². The van der Waals surface area contributed by atoms with Gasteiger partial charge in [0.2, 0.25) is 11.8 Å². The van der Waals surface area contributed by atoms with E-state index in [-0.39, 0.29) is 24.4 Å². The first kappa shape index (κ1) is 17.3. The second-order valence-electron chi connectivity index (χ2n) is 6.13. The van der Waals surface area contributed by atoms with Gasteiger partial charge in [-0.1, -0.05) is 35.5 Å². The van der Waals surface area contributed by atoms with Crippen LogP contribution in [0.2, 0.25) is 0 Å². The smallest absolute Gasteiger partial charge is 0.280 e. The van der Waals surface area contributed by atoms with E-state index in [4.69, 9.17) is 4.52 Å². The van der Waals surface area contributed by atoms with Crippen LogP contribution in [0.15, 0.2) is 46.4 Å². The van der Waals surface area contributed by atoms with E-state index >= 15 is 0 Å². The van der Waals surface area contributed by atoms with Crippen molar-refractivity contribution in [1.82, 2.24) is 25.3 Å². The predicted octanol–water partition coefficient (Wildman–Crippen LogP) is 2.32. The minimum absolute atomic E-state index is 0.0701. The van der Waals surface area contributed by atoms with Crippen molar-refractivity contribution in [3.63, 3.8) is 0 Å². The Hall–Kier alpha value is -3.07. The van der Waals surface area contributed by atoms with Gasteiger partial charge in [-0.15, -0.1) is 11.3 Å². The number of nitrogens with zero attached hydrogens (tertiary/aromatic N) is 4. The van der Waals surface area contributed by atoms with Gasteiger partial charge in [-0.2, -0.15) is 4.98 Å². The van der Waals surface area contributed by atoms with E-state index in [0.29, 0.717) is 36.1 Å². The molecule has 0 bridgehead atoms. The van der Waals surface area contributed by atoms with Gasteiger partial charge in [0.05, 0.1) is 6.54 Å². The number of carbonyl (C=O) groups is 2. The highest BCUT2D eigenvalue weighted by Gasteiger charge is 2.35. The number of amides is 2. The van der Waals surface area contributed by atoms with Crippen LogP contribution in [0.5, 0.6) is 0 Å². The topological polar surface area (TPSA) is 101 Å². The first-order chi connectivity index (χ1) is 13.2. The molecule has 1 aromatic carbocycles. The molecular weight excluding hydrogens is 366 g/mol. The third kappa shape index (κ3) is 3.87. The Morgan fingerprint density at radius 3 is 2.96 bits per heavy atom. The molecule has 0 radical (unpaired) electrons. The molecule has 3 heterocycles. The van der Waals surface area contributed by atoms with Crippen LogP contribution in [0.1, 0.15) is 46.0 Å². The van der Waals surface area contributed by atoms with E-state index in [1.807, 2.05) is 30.3 Å². The van der Waals surface area contributed by atoms with Crippen molar-refractivity contribution in [2.75, 3.05) is 0 Å². The van der Waals surface area contributed by atoms with Crippen LogP contribution in [0, 0.1) is 0 Å². The fraction of sp³-hybridized carbons (Fsp3) is 0.278. The largest absolute Gasteiger partial charge is 0.343 e. The Morgan fingerprint density at radius 1 is 1.33 bits per heavy atom. The van der Waals surface area contributed by atoms with Crippen molar-refractivity contribution in [2.24, 2.45) is 0 Å². The minimum atomic E-state index is -0.280. The predicted molar refractivity (Wildman–Crippen MR) is 96.5 cm³/mol. The van der Waals surface area contributed by atoms with Gasteiger partial charge >= 0.3 is 0 Å². The highest BCUT2D eigenvalue weighted by atomic mass is 32.1. The number of rotatable bonds is 6. The van der Waals surface area contributed by atoms with Crippen LogP contribution in [0.4, 0.5) is 0 Å². The van der Waals surface area contributed by atoms with E-state index in [1.165, 1.54) is 11.3 Å². The molecule has 1 aliphatic heterocycles. The number of nitrogens with one attached hydrogen (secondary N) is 1. The lowest BCUT2D eigenvalue weighted by Crippen LogP contribution is -2.27. The van der Waals surface area contributed by atoms with E-state index in [2.05, 4.69) is 20.4 Å². The third-order valence-electron chi connectivity index (χ3n) is 4.33. The molecule has 0 aliphatic carbocycles. The molecule has 9 heteroatoms. The molecular formula is C18H17N5O3S. The van der Waals surface area contributed by atoms with Gasteiger partial charge < -0.3 is 14.7 Å². The van der Waals surface area contributed by atoms with Crippen LogP contribution in [0.3, 0.4) is 0 Å². The maximum atomic E-state index is 12.3. The summed E-state index contributed by atoms with van der Waals surface area (Å²) in [4.78, 5) is 34.3. The van der Waals surface area contributed by atoms with Crippen molar-refractivity contribution >= 4 is 23.2 Å². The van der Waals surface area contributed by atoms with Crippen molar-refractivity contribution in [3.05, 3.63) is 64.2 Å². The molecule has 3 aromatic rings. The summed E-state index contributed by atoms with van der Waals surface area (Å²) in [5.41, 5.74) is 1.05. The molecule has 1 atom stereocenters. The molecule has 2 aromatic heterocycles. The summed E-state index contributed by atoms with van der Waals surface area (Å²) in [6, 6.07) is 9.55. The van der Waals surface area contributed by atoms with Crippen LogP contribution < -0.4 is 5.32 Å². The summed E-state index contributed by atoms with van der Waals surface area (Å²) in [6.07, 6.45) is 2.67. The zero-order valence-corrected chi connectivity index (χ0v) is 15.2. The van der Waals surface area contributed by atoms with Gasteiger partial charge in [0.1, 0.15) is 6.04 Å². The monoisotopic (exact) mass is 383 g/mol. The zero-order chi connectivity index (χ0) is 18.6. The van der Waals surface area contributed by atoms with E-state index in [0.717, 1.165) is 5.56 Å². The standard InChI is InChI=1S/C18H17N5O3S/c24-15-7-6-13(23(15)11-12-4-2-1-3-5-12)17-21-14(22-26-17)10-20-16(25)18-19-8-9-27-18/h1-5,8-9,13H,6-7,10-11H2,(H,20,25)/t13-/m0/s1. The Bertz CT molecular complexity index is 926. The lowest BCUT2D eigenvalue weighted by Gasteiger charge is -2.22. The Morgan fingerprint density at radius 2 is 2.19 bits per heavy atom. The molecule has 1 N–H and O–H groups in total. The number of aromatic nitrogens is 3. The first-order valence-corrected chi connectivity index (χ1v) is 9.42. The molecule has 0 spiro atoms. The fourth-order valence-corrected chi connectivity index (χ4v) is 3.57. The number of hydrogen-bond acceptors (Lipinski definition) is 7. The first-order valence-electron chi connectivity index (χ1n) is 8.54. The minimum Gasteiger partial charge on any atom is -0.343 e. The summed E-state index contributed by atoms with van der Waals surface area (Å²) in [5, 5.41) is 8.75. The molecule has 1 aliphatic rings. The molecule has 4 rings (SSSR count). The molecule has 0 unspecified atom stereocenters. The third-order valence-corrected chi connectivity index (χ3v) is 5.10. The highest BCUT2D eigenvalue weighted by Crippen LogP contribution is 2.33. The van der Waals surface area contributed by atoms with Gasteiger partial charge in [-0.05, 0) is 12.0 Å². The Balaban J connectivity index is 1.42. The fourth-order valence-electron chi connectivity index (χ4n) is 3.01. The average molecular weight is 383 g/mol. The normalized spacial score (nSPS) is 16.7. The van der Waals surface area contributed by atoms with Gasteiger partial charge in [0.15, 0.2) is 10.8 Å². The van der Waals surface area contributed by atoms with E-state index in [9.17, 15) is 9.59 Å². The van der Waals surface area contributed by atoms with Gasteiger partial charge in [0.25, 0.3) is 5.91 Å². The van der Waals surface area contributed by atoms with Gasteiger partial charge in [0, 0.05) is 24.5 Å². The lowest BCUT2D eigenvalue weighted by molar-refractivity contribution is -0.130. The van der Waals surface area contributed by atoms with Crippen molar-refractivity contribution < 1.29 is 14.1 Å². The Labute approximate surface area is 159 Å². The van der Waals surface area contributed by atoms with Crippen LogP contribution in [-0.2, 0) is 17.9 Å². The van der Waals surface area contributed by atoms with Crippen molar-refractivity contribution in [1.29, 1.82) is 0 Å². The van der Waals surface area contributed by atoms with Gasteiger partial charge in [-0.25, -0.2) is 4.98 Å². The molecule has 8 nitrogen and oxygen atoms in total. The van der Waals surface area contributed by atoms with Gasteiger partial charge in [-0.3, -0.25) is 9.59 Å². The molecule has 1 saturated heterocycles. The number of carbonyl (C=O) groups excluding carboxylic acids is 2.